The van der Waals surface area contributed by atoms with Crippen molar-refractivity contribution in [2.45, 2.75) is 101 Å². The van der Waals surface area contributed by atoms with E-state index in [1.54, 1.807) is 13.8 Å². The highest BCUT2D eigenvalue weighted by Crippen LogP contribution is 2.60. The summed E-state index contributed by atoms with van der Waals surface area (Å²) in [5.74, 6) is -1.10. The number of primary amides is 1. The molecule has 4 fully saturated rings. The summed E-state index contributed by atoms with van der Waals surface area (Å²) in [4.78, 5) is 23.9. The lowest BCUT2D eigenvalue weighted by Gasteiger charge is -2.41. The number of carbonyl (C=O) groups is 2. The van der Waals surface area contributed by atoms with E-state index in [9.17, 15) is 14.7 Å². The van der Waals surface area contributed by atoms with Crippen LogP contribution < -0.4 is 11.1 Å². The van der Waals surface area contributed by atoms with E-state index in [0.29, 0.717) is 19.4 Å². The molecule has 1 saturated carbocycles. The Morgan fingerprint density at radius 1 is 1.23 bits per heavy atom. The van der Waals surface area contributed by atoms with E-state index in [2.05, 4.69) is 19.2 Å². The number of nitrogens with two attached hydrogens (primary N) is 1. The number of carbonyl (C=O) groups excluding carboxylic acids is 2. The van der Waals surface area contributed by atoms with Gasteiger partial charge in [0.05, 0.1) is 36.4 Å². The molecule has 8 atom stereocenters. The van der Waals surface area contributed by atoms with E-state index >= 15 is 0 Å². The first kappa shape index (κ1) is 21.8. The van der Waals surface area contributed by atoms with E-state index < -0.39 is 41.5 Å². The first-order valence-electron chi connectivity index (χ1n) is 10.8. The third-order valence-electron chi connectivity index (χ3n) is 7.35. The maximum atomic E-state index is 12.4. The third-order valence-corrected chi connectivity index (χ3v) is 7.35. The molecule has 1 spiro atoms. The van der Waals surface area contributed by atoms with Crippen LogP contribution in [0.2, 0.25) is 0 Å². The average molecular weight is 427 g/mol. The first-order chi connectivity index (χ1) is 13.9. The van der Waals surface area contributed by atoms with Crippen LogP contribution >= 0.6 is 0 Å². The molecule has 0 aromatic rings. The fourth-order valence-electron chi connectivity index (χ4n) is 5.20. The Morgan fingerprint density at radius 3 is 2.37 bits per heavy atom. The molecule has 2 unspecified atom stereocenters. The van der Waals surface area contributed by atoms with Gasteiger partial charge in [0.2, 0.25) is 5.91 Å². The van der Waals surface area contributed by atoms with Crippen molar-refractivity contribution >= 4 is 12.0 Å². The van der Waals surface area contributed by atoms with Gasteiger partial charge in [-0.15, -0.1) is 0 Å². The fraction of sp³-hybridized carbons (Fsp3) is 0.905. The highest BCUT2D eigenvalue weighted by atomic mass is 16.6. The number of rotatable bonds is 7. The number of amides is 2. The van der Waals surface area contributed by atoms with Gasteiger partial charge in [-0.1, -0.05) is 13.8 Å². The predicted octanol–water partition coefficient (Wildman–Crippen LogP) is 0.856. The van der Waals surface area contributed by atoms with Gasteiger partial charge in [0.15, 0.2) is 0 Å². The van der Waals surface area contributed by atoms with Gasteiger partial charge >= 0.3 is 6.09 Å². The molecule has 2 amide bonds. The molecule has 0 aromatic heterocycles. The van der Waals surface area contributed by atoms with Crippen molar-refractivity contribution in [3.63, 3.8) is 0 Å². The van der Waals surface area contributed by atoms with Crippen molar-refractivity contribution in [2.75, 3.05) is 6.61 Å². The second-order valence-electron chi connectivity index (χ2n) is 10.3. The molecule has 1 aliphatic carbocycles. The van der Waals surface area contributed by atoms with Crippen LogP contribution in [-0.2, 0) is 23.7 Å². The molecule has 0 aromatic carbocycles. The number of epoxide rings is 3. The topological polar surface area (TPSA) is 139 Å². The zero-order valence-electron chi connectivity index (χ0n) is 18.3. The van der Waals surface area contributed by atoms with Crippen molar-refractivity contribution in [3.05, 3.63) is 0 Å². The molecule has 3 aliphatic heterocycles. The van der Waals surface area contributed by atoms with Crippen LogP contribution in [0.3, 0.4) is 0 Å². The Morgan fingerprint density at radius 2 is 1.87 bits per heavy atom. The Hall–Kier alpha value is -1.42. The third kappa shape index (κ3) is 3.81. The minimum absolute atomic E-state index is 0.0299. The van der Waals surface area contributed by atoms with E-state index in [4.69, 9.17) is 24.7 Å². The average Bonchev–Trinajstić information content (AvgIpc) is 3.57. The van der Waals surface area contributed by atoms with Crippen LogP contribution in [0.1, 0.15) is 53.9 Å². The van der Waals surface area contributed by atoms with Gasteiger partial charge in [-0.05, 0) is 39.5 Å². The Bertz CT molecular complexity index is 722. The van der Waals surface area contributed by atoms with Crippen molar-refractivity contribution in [1.29, 1.82) is 0 Å². The molecule has 30 heavy (non-hydrogen) atoms. The number of nitrogens with one attached hydrogen (secondary N) is 1. The van der Waals surface area contributed by atoms with Crippen LogP contribution in [0.15, 0.2) is 0 Å². The van der Waals surface area contributed by atoms with E-state index in [-0.39, 0.29) is 29.6 Å². The summed E-state index contributed by atoms with van der Waals surface area (Å²) < 4.78 is 23.1. The Labute approximate surface area is 176 Å². The molecule has 0 bridgehead atoms. The second-order valence-corrected chi connectivity index (χ2v) is 10.3. The number of ether oxygens (including phenoxy) is 4. The summed E-state index contributed by atoms with van der Waals surface area (Å²) in [6.45, 7) is 10.2. The van der Waals surface area contributed by atoms with Crippen molar-refractivity contribution in [2.24, 2.45) is 17.6 Å². The van der Waals surface area contributed by atoms with E-state index in [1.807, 2.05) is 6.92 Å². The van der Waals surface area contributed by atoms with Crippen molar-refractivity contribution < 1.29 is 33.6 Å². The van der Waals surface area contributed by atoms with E-state index in [0.717, 1.165) is 6.42 Å². The van der Waals surface area contributed by atoms with Gasteiger partial charge in [0.1, 0.15) is 23.3 Å². The first-order valence-corrected chi connectivity index (χ1v) is 10.8. The molecule has 0 radical (unpaired) electrons. The van der Waals surface area contributed by atoms with Gasteiger partial charge < -0.3 is 35.1 Å². The molecule has 4 N–H and O–H groups in total. The van der Waals surface area contributed by atoms with Gasteiger partial charge in [-0.25, -0.2) is 4.79 Å². The van der Waals surface area contributed by atoms with Crippen LogP contribution in [0.5, 0.6) is 0 Å². The van der Waals surface area contributed by atoms with Gasteiger partial charge in [-0.2, -0.15) is 0 Å². The minimum Gasteiger partial charge on any atom is -0.443 e. The van der Waals surface area contributed by atoms with Crippen LogP contribution in [0, 0.1) is 11.8 Å². The SMILES string of the molecule is CC(C)[C@@H](NC(=O)O[C@@H]1CC[C@]2(CO2)C(C2(C)O[C@@H]2C[C@H]2OC2(C)C)[C@@H]1O)C(N)=O. The van der Waals surface area contributed by atoms with Gasteiger partial charge in [-0.3, -0.25) is 4.79 Å². The summed E-state index contributed by atoms with van der Waals surface area (Å²) >= 11 is 0. The number of hydrogen-bond acceptors (Lipinski definition) is 7. The predicted molar refractivity (Wildman–Crippen MR) is 105 cm³/mol. The number of alkyl carbamates (subject to hydrolysis) is 1. The molecule has 3 saturated heterocycles. The zero-order chi connectivity index (χ0) is 22.1. The number of aliphatic hydroxyl groups is 1. The standard InChI is InChI=1S/C21H34N2O7/c1-10(2)14(17(22)25)23-18(26)28-11-6-7-21(9-27-21)16(15(11)24)20(5)13(30-20)8-12-19(3,4)29-12/h10-16,24H,6-9H2,1-5H3,(H2,22,25)(H,23,26)/t11-,12-,13-,14-,15-,16?,20?,21+/m1/s1. The highest BCUT2D eigenvalue weighted by molar-refractivity contribution is 5.84. The van der Waals surface area contributed by atoms with E-state index in [1.165, 1.54) is 0 Å². The molecule has 4 rings (SSSR count). The smallest absolute Gasteiger partial charge is 0.408 e. The highest BCUT2D eigenvalue weighted by Gasteiger charge is 2.73. The molecule has 3 heterocycles. The van der Waals surface area contributed by atoms with Gasteiger partial charge in [0.25, 0.3) is 0 Å². The lowest BCUT2D eigenvalue weighted by Crippen LogP contribution is -2.56. The quantitative estimate of drug-likeness (QED) is 0.513. The maximum Gasteiger partial charge on any atom is 0.408 e. The largest absolute Gasteiger partial charge is 0.443 e. The Kier molecular flexibility index (Phi) is 5.12. The fourth-order valence-corrected chi connectivity index (χ4v) is 5.20. The van der Waals surface area contributed by atoms with Gasteiger partial charge in [0, 0.05) is 6.42 Å². The zero-order valence-corrected chi connectivity index (χ0v) is 18.3. The molecule has 9 nitrogen and oxygen atoms in total. The molecular weight excluding hydrogens is 392 g/mol. The monoisotopic (exact) mass is 426 g/mol. The summed E-state index contributed by atoms with van der Waals surface area (Å²) in [5.41, 5.74) is 4.26. The van der Waals surface area contributed by atoms with Crippen LogP contribution in [0.25, 0.3) is 0 Å². The normalized spacial score (nSPS) is 44.4. The number of aliphatic hydroxyl groups excluding tert-OH is 1. The lowest BCUT2D eigenvalue weighted by atomic mass is 9.68. The summed E-state index contributed by atoms with van der Waals surface area (Å²) in [7, 11) is 0. The summed E-state index contributed by atoms with van der Waals surface area (Å²) in [6, 6.07) is -0.831. The molecule has 4 aliphatic rings. The maximum absolute atomic E-state index is 12.4. The number of hydrogen-bond donors (Lipinski definition) is 3. The van der Waals surface area contributed by atoms with Crippen LogP contribution in [-0.4, -0.2) is 71.0 Å². The minimum atomic E-state index is -0.929. The van der Waals surface area contributed by atoms with Crippen molar-refractivity contribution in [1.82, 2.24) is 5.32 Å². The summed E-state index contributed by atoms with van der Waals surface area (Å²) in [6.07, 6.45) is -0.348. The molecule has 9 heteroatoms. The Balaban J connectivity index is 1.40. The lowest BCUT2D eigenvalue weighted by molar-refractivity contribution is -0.121. The van der Waals surface area contributed by atoms with Crippen LogP contribution in [0.4, 0.5) is 4.79 Å². The molecule has 170 valence electrons. The van der Waals surface area contributed by atoms with Crippen molar-refractivity contribution in [3.8, 4) is 0 Å². The summed E-state index contributed by atoms with van der Waals surface area (Å²) in [5, 5.41) is 13.7. The molecular formula is C21H34N2O7. The second kappa shape index (κ2) is 7.05.